The monoisotopic (exact) mass is 351 g/mol. The fourth-order valence-corrected chi connectivity index (χ4v) is 4.16. The number of rotatable bonds is 3. The average molecular weight is 352 g/mol. The van der Waals surface area contributed by atoms with Gasteiger partial charge in [0.15, 0.2) is 0 Å². The van der Waals surface area contributed by atoms with E-state index < -0.39 is 5.92 Å². The van der Waals surface area contributed by atoms with Gasteiger partial charge in [-0.05, 0) is 31.6 Å². The van der Waals surface area contributed by atoms with Gasteiger partial charge in [-0.15, -0.1) is 12.4 Å². The molecular weight excluding hydrogens is 324 g/mol. The number of amides is 1. The lowest BCUT2D eigenvalue weighted by molar-refractivity contribution is -0.155. The van der Waals surface area contributed by atoms with Crippen molar-refractivity contribution in [2.24, 2.45) is 11.7 Å². The Morgan fingerprint density at radius 2 is 1.61 bits per heavy atom. The highest BCUT2D eigenvalue weighted by molar-refractivity contribution is 5.85. The molecule has 2 saturated heterocycles. The molecule has 1 unspecified atom stereocenters. The first kappa shape index (κ1) is 18.9. The largest absolute Gasteiger partial charge is 0.341 e. The Balaban J connectivity index is 0.00000192. The van der Waals surface area contributed by atoms with Crippen LogP contribution in [0.15, 0.2) is 0 Å². The summed E-state index contributed by atoms with van der Waals surface area (Å²) in [5.41, 5.74) is 6.19. The number of alkyl halides is 2. The molecule has 1 amide bonds. The van der Waals surface area contributed by atoms with E-state index in [1.807, 2.05) is 9.80 Å². The minimum absolute atomic E-state index is 0. The van der Waals surface area contributed by atoms with Crippen LogP contribution in [0.3, 0.4) is 0 Å². The maximum Gasteiger partial charge on any atom is 0.272 e. The molecule has 1 saturated carbocycles. The van der Waals surface area contributed by atoms with E-state index >= 15 is 0 Å². The first-order valence-corrected chi connectivity index (χ1v) is 8.62. The molecule has 7 heteroatoms. The van der Waals surface area contributed by atoms with Crippen LogP contribution in [0.1, 0.15) is 44.9 Å². The van der Waals surface area contributed by atoms with Gasteiger partial charge in [0.1, 0.15) is 0 Å². The molecule has 3 fully saturated rings. The summed E-state index contributed by atoms with van der Waals surface area (Å²) < 4.78 is 25.9. The molecule has 0 spiro atoms. The Bertz CT molecular complexity index is 402. The number of nitrogens with zero attached hydrogens (tertiary/aromatic N) is 2. The van der Waals surface area contributed by atoms with Gasteiger partial charge in [0.2, 0.25) is 5.91 Å². The topological polar surface area (TPSA) is 49.6 Å². The third kappa shape index (κ3) is 4.34. The summed E-state index contributed by atoms with van der Waals surface area (Å²) >= 11 is 0. The van der Waals surface area contributed by atoms with Gasteiger partial charge in [0.05, 0.1) is 19.1 Å². The zero-order chi connectivity index (χ0) is 15.7. The molecule has 1 atom stereocenters. The van der Waals surface area contributed by atoms with Crippen molar-refractivity contribution in [3.8, 4) is 0 Å². The van der Waals surface area contributed by atoms with Gasteiger partial charge in [0, 0.05) is 19.1 Å². The second-order valence-corrected chi connectivity index (χ2v) is 7.24. The first-order valence-electron chi connectivity index (χ1n) is 8.62. The van der Waals surface area contributed by atoms with Crippen LogP contribution < -0.4 is 5.73 Å². The van der Waals surface area contributed by atoms with Crippen LogP contribution in [0.2, 0.25) is 0 Å². The third-order valence-electron chi connectivity index (χ3n) is 5.60. The van der Waals surface area contributed by atoms with Gasteiger partial charge in [-0.3, -0.25) is 9.69 Å². The van der Waals surface area contributed by atoms with Gasteiger partial charge in [-0.25, -0.2) is 8.78 Å². The first-order chi connectivity index (χ1) is 10.5. The number of carbonyl (C=O) groups excluding carboxylic acids is 1. The molecule has 23 heavy (non-hydrogen) atoms. The maximum absolute atomic E-state index is 12.9. The smallest absolute Gasteiger partial charge is 0.272 e. The fraction of sp³-hybridized carbons (Fsp3) is 0.938. The van der Waals surface area contributed by atoms with Crippen LogP contribution >= 0.6 is 12.4 Å². The molecule has 0 bridgehead atoms. The molecule has 3 rings (SSSR count). The van der Waals surface area contributed by atoms with Crippen molar-refractivity contribution in [2.75, 3.05) is 26.2 Å². The summed E-state index contributed by atoms with van der Waals surface area (Å²) in [6, 6.07) is -0.167. The van der Waals surface area contributed by atoms with E-state index in [2.05, 4.69) is 0 Å². The number of piperidine rings is 1. The van der Waals surface area contributed by atoms with Crippen molar-refractivity contribution in [2.45, 2.75) is 63.0 Å². The van der Waals surface area contributed by atoms with Gasteiger partial charge >= 0.3 is 0 Å². The molecular formula is C16H28ClF2N3O. The molecule has 2 N–H and O–H groups in total. The highest BCUT2D eigenvalue weighted by Gasteiger charge is 2.47. The lowest BCUT2D eigenvalue weighted by Gasteiger charge is -2.47. The number of nitrogens with two attached hydrogens (primary N) is 1. The van der Waals surface area contributed by atoms with E-state index in [0.717, 1.165) is 25.7 Å². The number of hydrogen-bond acceptors (Lipinski definition) is 3. The summed E-state index contributed by atoms with van der Waals surface area (Å²) in [7, 11) is 0. The molecule has 0 aromatic carbocycles. The summed E-state index contributed by atoms with van der Waals surface area (Å²) in [6.45, 7) is 1.08. The number of likely N-dealkylation sites (tertiary alicyclic amines) is 2. The summed E-state index contributed by atoms with van der Waals surface area (Å²) in [5, 5.41) is 0. The summed E-state index contributed by atoms with van der Waals surface area (Å²) in [5.74, 6) is -2.11. The average Bonchev–Trinajstić information content (AvgIpc) is 2.52. The van der Waals surface area contributed by atoms with E-state index in [1.165, 1.54) is 19.3 Å². The quantitative estimate of drug-likeness (QED) is 0.848. The second kappa shape index (κ2) is 7.62. The number of carbonyl (C=O) groups is 1. The van der Waals surface area contributed by atoms with E-state index in [9.17, 15) is 13.6 Å². The van der Waals surface area contributed by atoms with Gasteiger partial charge in [-0.2, -0.15) is 0 Å². The summed E-state index contributed by atoms with van der Waals surface area (Å²) in [6.07, 6.45) is 7.31. The molecule has 3 aliphatic rings. The van der Waals surface area contributed by atoms with Crippen LogP contribution in [0.25, 0.3) is 0 Å². The molecule has 1 aliphatic carbocycles. The highest BCUT2D eigenvalue weighted by Crippen LogP contribution is 2.32. The zero-order valence-corrected chi connectivity index (χ0v) is 14.4. The molecule has 0 radical (unpaired) electrons. The fourth-order valence-electron chi connectivity index (χ4n) is 4.16. The predicted octanol–water partition coefficient (Wildman–Crippen LogP) is 2.26. The van der Waals surface area contributed by atoms with Crippen LogP contribution in [0.4, 0.5) is 8.78 Å². The van der Waals surface area contributed by atoms with Crippen LogP contribution in [-0.4, -0.2) is 59.9 Å². The Labute approximate surface area is 143 Å². The minimum atomic E-state index is -2.50. The predicted molar refractivity (Wildman–Crippen MR) is 87.9 cm³/mol. The zero-order valence-electron chi connectivity index (χ0n) is 13.6. The van der Waals surface area contributed by atoms with E-state index in [1.54, 1.807) is 0 Å². The van der Waals surface area contributed by atoms with Crippen LogP contribution in [0, 0.1) is 5.92 Å². The van der Waals surface area contributed by atoms with Crippen LogP contribution in [0.5, 0.6) is 0 Å². The Morgan fingerprint density at radius 3 is 2.13 bits per heavy atom. The Kier molecular flexibility index (Phi) is 6.25. The molecule has 134 valence electrons. The molecule has 0 aromatic rings. The van der Waals surface area contributed by atoms with Crippen LogP contribution in [-0.2, 0) is 4.79 Å². The lowest BCUT2D eigenvalue weighted by atomic mass is 9.83. The van der Waals surface area contributed by atoms with Gasteiger partial charge in [0.25, 0.3) is 5.92 Å². The molecule has 2 aliphatic heterocycles. The van der Waals surface area contributed by atoms with Crippen molar-refractivity contribution >= 4 is 18.3 Å². The van der Waals surface area contributed by atoms with E-state index in [4.69, 9.17) is 5.73 Å². The molecule has 0 aromatic heterocycles. The van der Waals surface area contributed by atoms with Crippen molar-refractivity contribution < 1.29 is 13.6 Å². The number of hydrogen-bond donors (Lipinski definition) is 1. The summed E-state index contributed by atoms with van der Waals surface area (Å²) in [4.78, 5) is 16.2. The Hall–Kier alpha value is -0.460. The second-order valence-electron chi connectivity index (χ2n) is 7.24. The van der Waals surface area contributed by atoms with Gasteiger partial charge < -0.3 is 10.6 Å². The minimum Gasteiger partial charge on any atom is -0.341 e. The van der Waals surface area contributed by atoms with Gasteiger partial charge in [-0.1, -0.05) is 19.3 Å². The van der Waals surface area contributed by atoms with Crippen molar-refractivity contribution in [3.63, 3.8) is 0 Å². The lowest BCUT2D eigenvalue weighted by Crippen LogP contribution is -2.62. The normalized spacial score (nSPS) is 27.9. The maximum atomic E-state index is 12.9. The van der Waals surface area contributed by atoms with E-state index in [0.29, 0.717) is 19.0 Å². The SMILES string of the molecule is Cl.NC(C(=O)N1CCC(N2CC(F)(F)C2)CC1)C1CCCCC1. The molecule has 2 heterocycles. The molecule has 4 nitrogen and oxygen atoms in total. The van der Waals surface area contributed by atoms with Crippen molar-refractivity contribution in [1.82, 2.24) is 9.80 Å². The number of halogens is 3. The van der Waals surface area contributed by atoms with Crippen molar-refractivity contribution in [3.05, 3.63) is 0 Å². The Morgan fingerprint density at radius 1 is 1.04 bits per heavy atom. The third-order valence-corrected chi connectivity index (χ3v) is 5.60. The highest BCUT2D eigenvalue weighted by atomic mass is 35.5. The van der Waals surface area contributed by atoms with E-state index in [-0.39, 0.29) is 43.5 Å². The standard InChI is InChI=1S/C16H27F2N3O.ClH/c17-16(18)10-21(11-16)13-6-8-20(9-7-13)15(22)14(19)12-4-2-1-3-5-12;/h12-14H,1-11,19H2;1H. The van der Waals surface area contributed by atoms with Crippen molar-refractivity contribution in [1.29, 1.82) is 0 Å².